The Kier molecular flexibility index (Phi) is 3.48. The van der Waals surface area contributed by atoms with Gasteiger partial charge in [0.1, 0.15) is 5.82 Å². The summed E-state index contributed by atoms with van der Waals surface area (Å²) in [5.41, 5.74) is 4.15. The van der Waals surface area contributed by atoms with E-state index in [0.717, 1.165) is 18.7 Å². The van der Waals surface area contributed by atoms with E-state index in [4.69, 9.17) is 0 Å². The molecule has 0 unspecified atom stereocenters. The van der Waals surface area contributed by atoms with Crippen LogP contribution >= 0.6 is 0 Å². The molecular weight excluding hydrogens is 255 g/mol. The van der Waals surface area contributed by atoms with E-state index in [2.05, 4.69) is 22.8 Å². The topological polar surface area (TPSA) is 41.1 Å². The van der Waals surface area contributed by atoms with Crippen molar-refractivity contribution in [3.63, 3.8) is 0 Å². The summed E-state index contributed by atoms with van der Waals surface area (Å²) in [6.07, 6.45) is 0. The van der Waals surface area contributed by atoms with Crippen LogP contribution in [0.4, 0.5) is 4.39 Å². The van der Waals surface area contributed by atoms with Crippen molar-refractivity contribution in [1.29, 1.82) is 0 Å². The quantitative estimate of drug-likeness (QED) is 0.899. The fourth-order valence-electron chi connectivity index (χ4n) is 2.34. The molecule has 1 amide bonds. The third kappa shape index (κ3) is 2.70. The van der Waals surface area contributed by atoms with Gasteiger partial charge in [-0.25, -0.2) is 4.39 Å². The van der Waals surface area contributed by atoms with Gasteiger partial charge < -0.3 is 10.6 Å². The highest BCUT2D eigenvalue weighted by Crippen LogP contribution is 2.17. The number of hydrogen-bond acceptors (Lipinski definition) is 2. The summed E-state index contributed by atoms with van der Waals surface area (Å²) in [5.74, 6) is -0.531. The number of nitrogens with one attached hydrogen (secondary N) is 2. The fourth-order valence-corrected chi connectivity index (χ4v) is 2.34. The number of carbonyl (C=O) groups is 1. The minimum absolute atomic E-state index is 0.191. The molecule has 1 aliphatic heterocycles. The van der Waals surface area contributed by atoms with Crippen molar-refractivity contribution in [3.8, 4) is 0 Å². The molecule has 20 heavy (non-hydrogen) atoms. The molecule has 0 atom stereocenters. The highest BCUT2D eigenvalue weighted by molar-refractivity contribution is 5.94. The SMILES string of the molecule is O=C(NCc1ccc2c(c1)CNC2)c1ccc(F)cc1. The van der Waals surface area contributed by atoms with E-state index >= 15 is 0 Å². The lowest BCUT2D eigenvalue weighted by Crippen LogP contribution is -2.22. The lowest BCUT2D eigenvalue weighted by molar-refractivity contribution is 0.0951. The van der Waals surface area contributed by atoms with Gasteiger partial charge in [0, 0.05) is 25.2 Å². The Labute approximate surface area is 116 Å². The van der Waals surface area contributed by atoms with Crippen molar-refractivity contribution >= 4 is 5.91 Å². The largest absolute Gasteiger partial charge is 0.348 e. The number of halogens is 1. The standard InChI is InChI=1S/C16H15FN2O/c17-15-5-3-12(4-6-15)16(20)19-8-11-1-2-13-9-18-10-14(13)7-11/h1-7,18H,8-10H2,(H,19,20). The third-order valence-corrected chi connectivity index (χ3v) is 3.46. The van der Waals surface area contributed by atoms with E-state index < -0.39 is 0 Å². The first kappa shape index (κ1) is 12.8. The predicted octanol–water partition coefficient (Wildman–Crippen LogP) is 2.36. The highest BCUT2D eigenvalue weighted by atomic mass is 19.1. The molecule has 4 heteroatoms. The van der Waals surface area contributed by atoms with Crippen LogP contribution in [0.1, 0.15) is 27.0 Å². The first-order valence-corrected chi connectivity index (χ1v) is 6.57. The van der Waals surface area contributed by atoms with Gasteiger partial charge in [0.15, 0.2) is 0 Å². The van der Waals surface area contributed by atoms with Gasteiger partial charge in [0.25, 0.3) is 5.91 Å². The van der Waals surface area contributed by atoms with E-state index in [9.17, 15) is 9.18 Å². The molecule has 1 heterocycles. The zero-order valence-corrected chi connectivity index (χ0v) is 10.9. The summed E-state index contributed by atoms with van der Waals surface area (Å²) in [6, 6.07) is 11.8. The number of benzene rings is 2. The monoisotopic (exact) mass is 270 g/mol. The molecule has 0 fully saturated rings. The molecule has 0 spiro atoms. The summed E-state index contributed by atoms with van der Waals surface area (Å²) < 4.78 is 12.8. The first-order valence-electron chi connectivity index (χ1n) is 6.57. The summed E-state index contributed by atoms with van der Waals surface area (Å²) in [5, 5.41) is 6.13. The molecule has 2 aromatic rings. The van der Waals surface area contributed by atoms with E-state index in [1.807, 2.05) is 6.07 Å². The maximum atomic E-state index is 12.8. The summed E-state index contributed by atoms with van der Waals surface area (Å²) in [6.45, 7) is 2.27. The Balaban J connectivity index is 1.64. The Bertz CT molecular complexity index is 637. The highest BCUT2D eigenvalue weighted by Gasteiger charge is 2.10. The predicted molar refractivity (Wildman–Crippen MR) is 74.6 cm³/mol. The average Bonchev–Trinajstić information content (AvgIpc) is 2.93. The molecular formula is C16H15FN2O. The van der Waals surface area contributed by atoms with Gasteiger partial charge in [0.2, 0.25) is 0 Å². The Hall–Kier alpha value is -2.20. The van der Waals surface area contributed by atoms with Crippen molar-refractivity contribution in [3.05, 3.63) is 70.5 Å². The molecule has 0 saturated carbocycles. The smallest absolute Gasteiger partial charge is 0.251 e. The van der Waals surface area contributed by atoms with Crippen LogP contribution in [0, 0.1) is 5.82 Å². The number of rotatable bonds is 3. The van der Waals surface area contributed by atoms with Gasteiger partial charge in [-0.2, -0.15) is 0 Å². The second kappa shape index (κ2) is 5.43. The van der Waals surface area contributed by atoms with Crippen molar-refractivity contribution in [2.45, 2.75) is 19.6 Å². The van der Waals surface area contributed by atoms with Crippen LogP contribution in [-0.4, -0.2) is 5.91 Å². The van der Waals surface area contributed by atoms with Crippen LogP contribution in [0.2, 0.25) is 0 Å². The molecule has 0 aromatic heterocycles. The van der Waals surface area contributed by atoms with Crippen LogP contribution in [0.3, 0.4) is 0 Å². The molecule has 0 aliphatic carbocycles. The van der Waals surface area contributed by atoms with Crippen LogP contribution < -0.4 is 10.6 Å². The molecule has 3 nitrogen and oxygen atoms in total. The summed E-state index contributed by atoms with van der Waals surface area (Å²) in [4.78, 5) is 11.9. The van der Waals surface area contributed by atoms with Gasteiger partial charge in [-0.15, -0.1) is 0 Å². The zero-order valence-electron chi connectivity index (χ0n) is 10.9. The maximum absolute atomic E-state index is 12.8. The molecule has 0 bridgehead atoms. The fraction of sp³-hybridized carbons (Fsp3) is 0.188. The van der Waals surface area contributed by atoms with Gasteiger partial charge in [-0.05, 0) is 41.0 Å². The zero-order chi connectivity index (χ0) is 13.9. The van der Waals surface area contributed by atoms with Crippen molar-refractivity contribution in [1.82, 2.24) is 10.6 Å². The third-order valence-electron chi connectivity index (χ3n) is 3.46. The van der Waals surface area contributed by atoms with Crippen LogP contribution in [-0.2, 0) is 19.6 Å². The second-order valence-corrected chi connectivity index (χ2v) is 4.90. The van der Waals surface area contributed by atoms with E-state index in [1.165, 1.54) is 35.4 Å². The van der Waals surface area contributed by atoms with E-state index in [0.29, 0.717) is 12.1 Å². The lowest BCUT2D eigenvalue weighted by Gasteiger charge is -2.07. The molecule has 3 rings (SSSR count). The average molecular weight is 270 g/mol. The number of hydrogen-bond donors (Lipinski definition) is 2. The molecule has 102 valence electrons. The van der Waals surface area contributed by atoms with Crippen molar-refractivity contribution < 1.29 is 9.18 Å². The van der Waals surface area contributed by atoms with Crippen molar-refractivity contribution in [2.24, 2.45) is 0 Å². The van der Waals surface area contributed by atoms with Gasteiger partial charge in [0.05, 0.1) is 0 Å². The first-order chi connectivity index (χ1) is 9.72. The maximum Gasteiger partial charge on any atom is 0.251 e. The van der Waals surface area contributed by atoms with E-state index in [-0.39, 0.29) is 11.7 Å². The van der Waals surface area contributed by atoms with Crippen LogP contribution in [0.15, 0.2) is 42.5 Å². The van der Waals surface area contributed by atoms with E-state index in [1.54, 1.807) is 0 Å². The van der Waals surface area contributed by atoms with Gasteiger partial charge >= 0.3 is 0 Å². The van der Waals surface area contributed by atoms with Gasteiger partial charge in [-0.3, -0.25) is 4.79 Å². The number of carbonyl (C=O) groups excluding carboxylic acids is 1. The Morgan fingerprint density at radius 2 is 1.85 bits per heavy atom. The number of fused-ring (bicyclic) bond motifs is 1. The van der Waals surface area contributed by atoms with Crippen LogP contribution in [0.5, 0.6) is 0 Å². The van der Waals surface area contributed by atoms with Crippen LogP contribution in [0.25, 0.3) is 0 Å². The molecule has 0 saturated heterocycles. The molecule has 1 aliphatic rings. The Morgan fingerprint density at radius 3 is 2.65 bits per heavy atom. The van der Waals surface area contributed by atoms with Crippen molar-refractivity contribution in [2.75, 3.05) is 0 Å². The number of amides is 1. The normalized spacial score (nSPS) is 13.1. The minimum Gasteiger partial charge on any atom is -0.348 e. The molecule has 2 aromatic carbocycles. The minimum atomic E-state index is -0.340. The molecule has 0 radical (unpaired) electrons. The summed E-state index contributed by atoms with van der Waals surface area (Å²) >= 11 is 0. The summed E-state index contributed by atoms with van der Waals surface area (Å²) in [7, 11) is 0. The second-order valence-electron chi connectivity index (χ2n) is 4.90. The molecule has 2 N–H and O–H groups in total. The lowest BCUT2D eigenvalue weighted by atomic mass is 10.1. The Morgan fingerprint density at radius 1 is 1.10 bits per heavy atom. The van der Waals surface area contributed by atoms with Gasteiger partial charge in [-0.1, -0.05) is 18.2 Å².